The number of hydrogen-bond acceptors (Lipinski definition) is 1. The lowest BCUT2D eigenvalue weighted by Crippen LogP contribution is -2.26. The van der Waals surface area contributed by atoms with Crippen LogP contribution in [0.1, 0.15) is 72.2 Å². The van der Waals surface area contributed by atoms with Gasteiger partial charge in [-0.3, -0.25) is 0 Å². The maximum atomic E-state index is 2.55. The molecule has 1 nitrogen and oxygen atoms in total. The van der Waals surface area contributed by atoms with Crippen LogP contribution in [-0.2, 0) is 16.2 Å². The molecule has 0 bridgehead atoms. The predicted octanol–water partition coefficient (Wildman–Crippen LogP) is 16.9. The number of fused-ring (bicyclic) bond motifs is 18. The summed E-state index contributed by atoms with van der Waals surface area (Å²) < 4.78 is 0. The van der Waals surface area contributed by atoms with Crippen LogP contribution in [0.2, 0.25) is 0 Å². The normalized spacial score (nSPS) is 15.3. The van der Waals surface area contributed by atoms with Crippen molar-refractivity contribution in [3.8, 4) is 55.6 Å². The van der Waals surface area contributed by atoms with Crippen molar-refractivity contribution in [1.82, 2.24) is 0 Å². The molecule has 0 saturated carbocycles. The minimum Gasteiger partial charge on any atom is -0.310 e. The molecule has 66 heavy (non-hydrogen) atoms. The monoisotopic (exact) mass is 841 g/mol. The highest BCUT2D eigenvalue weighted by Gasteiger charge is 2.52. The Morgan fingerprint density at radius 3 is 1.33 bits per heavy atom. The summed E-state index contributed by atoms with van der Waals surface area (Å²) in [6.45, 7) is 9.61. The molecule has 0 aliphatic heterocycles. The van der Waals surface area contributed by atoms with Gasteiger partial charge in [-0.15, -0.1) is 0 Å². The van der Waals surface area contributed by atoms with Crippen LogP contribution < -0.4 is 4.90 Å². The van der Waals surface area contributed by atoms with Crippen LogP contribution in [0, 0.1) is 0 Å². The van der Waals surface area contributed by atoms with Crippen molar-refractivity contribution in [1.29, 1.82) is 0 Å². The first-order valence-corrected chi connectivity index (χ1v) is 23.5. The van der Waals surface area contributed by atoms with E-state index in [1.165, 1.54) is 111 Å². The summed E-state index contributed by atoms with van der Waals surface area (Å²) in [5.74, 6) is 0. The van der Waals surface area contributed by atoms with Crippen LogP contribution >= 0.6 is 0 Å². The van der Waals surface area contributed by atoms with Gasteiger partial charge in [-0.25, -0.2) is 0 Å². The van der Waals surface area contributed by atoms with Crippen LogP contribution in [0.25, 0.3) is 66.4 Å². The highest BCUT2D eigenvalue weighted by molar-refractivity contribution is 6.06. The Bertz CT molecular complexity index is 3650. The van der Waals surface area contributed by atoms with Crippen molar-refractivity contribution in [2.75, 3.05) is 4.90 Å². The van der Waals surface area contributed by atoms with Crippen molar-refractivity contribution < 1.29 is 0 Å². The first-order valence-electron chi connectivity index (χ1n) is 23.5. The van der Waals surface area contributed by atoms with Crippen LogP contribution in [0.3, 0.4) is 0 Å². The third-order valence-electron chi connectivity index (χ3n) is 16.0. The molecule has 312 valence electrons. The van der Waals surface area contributed by atoms with Crippen molar-refractivity contribution in [2.45, 2.75) is 43.9 Å². The maximum Gasteiger partial charge on any atom is 0.0726 e. The first-order chi connectivity index (χ1) is 32.3. The van der Waals surface area contributed by atoms with Gasteiger partial charge in [-0.1, -0.05) is 198 Å². The average Bonchev–Trinajstić information content (AvgIpc) is 3.99. The van der Waals surface area contributed by atoms with Crippen molar-refractivity contribution >= 4 is 27.8 Å². The van der Waals surface area contributed by atoms with E-state index in [2.05, 4.69) is 245 Å². The average molecular weight is 842 g/mol. The molecule has 0 N–H and O–H groups in total. The lowest BCUT2D eigenvalue weighted by molar-refractivity contribution is 0.660. The molecule has 0 amide bonds. The second kappa shape index (κ2) is 13.2. The molecule has 0 fully saturated rings. The van der Waals surface area contributed by atoms with Crippen LogP contribution in [0.5, 0.6) is 0 Å². The van der Waals surface area contributed by atoms with E-state index in [1.807, 2.05) is 0 Å². The van der Waals surface area contributed by atoms with E-state index in [4.69, 9.17) is 0 Å². The largest absolute Gasteiger partial charge is 0.310 e. The highest BCUT2D eigenvalue weighted by Crippen LogP contribution is 2.64. The second-order valence-corrected chi connectivity index (χ2v) is 20.0. The molecule has 0 radical (unpaired) electrons. The number of hydrogen-bond donors (Lipinski definition) is 0. The molecule has 4 aliphatic rings. The summed E-state index contributed by atoms with van der Waals surface area (Å²) in [5, 5.41) is 2.63. The van der Waals surface area contributed by atoms with Gasteiger partial charge in [0.1, 0.15) is 0 Å². The van der Waals surface area contributed by atoms with Gasteiger partial charge in [0.05, 0.1) is 5.41 Å². The highest BCUT2D eigenvalue weighted by atomic mass is 15.1. The number of anilines is 3. The minimum atomic E-state index is -0.446. The van der Waals surface area contributed by atoms with Gasteiger partial charge < -0.3 is 4.90 Å². The fourth-order valence-electron chi connectivity index (χ4n) is 13.2. The molecule has 1 spiro atoms. The standard InChI is InChI=1S/C65H47N/c1-63(2)55-26-14-10-21-45(55)49-33-30-42(37-60(49)63)66(41-32-35-56-53(36-41)54-39-52(40-18-6-5-7-19-40)44-20-8-9-25-51(44)62(54)64(56,3)4)43-31-34-50-48-24-13-17-29-59(48)65(61(50)38-43)57-27-15-11-22-46(57)47-23-12-16-28-58(47)65/h5-39H,1-4H3. The Morgan fingerprint density at radius 2 is 0.712 bits per heavy atom. The fraction of sp³-hybridized carbons (Fsp3) is 0.108. The van der Waals surface area contributed by atoms with E-state index >= 15 is 0 Å². The summed E-state index contributed by atoms with van der Waals surface area (Å²) in [5.41, 5.74) is 26.7. The number of rotatable bonds is 4. The molecule has 0 unspecified atom stereocenters. The zero-order chi connectivity index (χ0) is 44.1. The van der Waals surface area contributed by atoms with Gasteiger partial charge >= 0.3 is 0 Å². The fourth-order valence-corrected chi connectivity index (χ4v) is 13.2. The van der Waals surface area contributed by atoms with Crippen LogP contribution in [-0.4, -0.2) is 0 Å². The first kappa shape index (κ1) is 37.6. The van der Waals surface area contributed by atoms with Crippen molar-refractivity contribution in [2.24, 2.45) is 0 Å². The van der Waals surface area contributed by atoms with Gasteiger partial charge in [0.2, 0.25) is 0 Å². The maximum absolute atomic E-state index is 2.55. The van der Waals surface area contributed by atoms with E-state index in [1.54, 1.807) is 0 Å². The summed E-state index contributed by atoms with van der Waals surface area (Å²) >= 11 is 0. The summed E-state index contributed by atoms with van der Waals surface area (Å²) in [6, 6.07) is 80.6. The molecule has 0 heterocycles. The third-order valence-corrected chi connectivity index (χ3v) is 16.0. The third kappa shape index (κ3) is 4.75. The van der Waals surface area contributed by atoms with E-state index < -0.39 is 5.41 Å². The van der Waals surface area contributed by atoms with Gasteiger partial charge in [-0.2, -0.15) is 0 Å². The quantitative estimate of drug-likeness (QED) is 0.171. The second-order valence-electron chi connectivity index (χ2n) is 20.0. The van der Waals surface area contributed by atoms with Gasteiger partial charge in [0.25, 0.3) is 0 Å². The number of benzene rings is 10. The predicted molar refractivity (Wildman–Crippen MR) is 275 cm³/mol. The lowest BCUT2D eigenvalue weighted by atomic mass is 9.70. The molecule has 1 heteroatoms. The molecule has 0 atom stereocenters. The van der Waals surface area contributed by atoms with Gasteiger partial charge in [0, 0.05) is 27.9 Å². The van der Waals surface area contributed by atoms with E-state index in [-0.39, 0.29) is 10.8 Å². The Hall–Kier alpha value is -7.74. The zero-order valence-corrected chi connectivity index (χ0v) is 37.7. The van der Waals surface area contributed by atoms with E-state index in [9.17, 15) is 0 Å². The molecule has 10 aromatic carbocycles. The Balaban J connectivity index is 1.03. The molecular formula is C65H47N. The Labute approximate surface area is 387 Å². The number of nitrogens with zero attached hydrogens (tertiary/aromatic N) is 1. The van der Waals surface area contributed by atoms with Crippen LogP contribution in [0.4, 0.5) is 17.1 Å². The summed E-state index contributed by atoms with van der Waals surface area (Å²) in [7, 11) is 0. The van der Waals surface area contributed by atoms with Gasteiger partial charge in [0.15, 0.2) is 0 Å². The SMILES string of the molecule is CC1(C)c2ccccc2-c2ccc(N(c3ccc4c(c3)-c3cc(-c5ccccc5)c5ccccc5c3C4(C)C)c3ccc4c(c3)C3(c5ccccc5-c5ccccc53)c3ccccc3-4)cc21. The van der Waals surface area contributed by atoms with Gasteiger partial charge in [-0.05, 0) is 153 Å². The van der Waals surface area contributed by atoms with Crippen molar-refractivity contribution in [3.05, 3.63) is 257 Å². The topological polar surface area (TPSA) is 3.24 Å². The molecular weight excluding hydrogens is 795 g/mol. The van der Waals surface area contributed by atoms with Crippen LogP contribution in [0.15, 0.2) is 212 Å². The summed E-state index contributed by atoms with van der Waals surface area (Å²) in [4.78, 5) is 2.55. The van der Waals surface area contributed by atoms with E-state index in [0.717, 1.165) is 17.1 Å². The molecule has 4 aliphatic carbocycles. The van der Waals surface area contributed by atoms with Crippen molar-refractivity contribution in [3.63, 3.8) is 0 Å². The Kier molecular flexibility index (Phi) is 7.51. The zero-order valence-electron chi connectivity index (χ0n) is 37.7. The molecule has 0 saturated heterocycles. The minimum absolute atomic E-state index is 0.149. The molecule has 10 aromatic rings. The Morgan fingerprint density at radius 1 is 0.273 bits per heavy atom. The molecule has 0 aromatic heterocycles. The smallest absolute Gasteiger partial charge is 0.0726 e. The molecule has 14 rings (SSSR count). The van der Waals surface area contributed by atoms with E-state index in [0.29, 0.717) is 0 Å². The summed E-state index contributed by atoms with van der Waals surface area (Å²) in [6.07, 6.45) is 0. The lowest BCUT2D eigenvalue weighted by Gasteiger charge is -2.33.